The van der Waals surface area contributed by atoms with Crippen molar-refractivity contribution in [2.24, 2.45) is 5.73 Å². The predicted molar refractivity (Wildman–Crippen MR) is 57.7 cm³/mol. The van der Waals surface area contributed by atoms with Crippen molar-refractivity contribution in [2.45, 2.75) is 32.6 Å². The van der Waals surface area contributed by atoms with Crippen LogP contribution in [0, 0.1) is 5.41 Å². The van der Waals surface area contributed by atoms with Crippen LogP contribution < -0.4 is 5.73 Å². The molecule has 4 nitrogen and oxygen atoms in total. The number of rotatable bonds is 10. The van der Waals surface area contributed by atoms with Crippen molar-refractivity contribution in [2.75, 3.05) is 26.4 Å². The molecule has 84 valence electrons. The van der Waals surface area contributed by atoms with Crippen molar-refractivity contribution in [1.29, 1.82) is 5.41 Å². The second kappa shape index (κ2) is 10.5. The van der Waals surface area contributed by atoms with Crippen molar-refractivity contribution in [1.82, 2.24) is 0 Å². The Kier molecular flexibility index (Phi) is 10.0. The molecule has 0 aliphatic heterocycles. The summed E-state index contributed by atoms with van der Waals surface area (Å²) in [5, 5.41) is 6.98. The number of hydrogen-bond acceptors (Lipinski definition) is 3. The molecule has 0 aliphatic carbocycles. The van der Waals surface area contributed by atoms with E-state index in [1.165, 1.54) is 6.42 Å². The second-order valence-corrected chi connectivity index (χ2v) is 3.21. The van der Waals surface area contributed by atoms with Gasteiger partial charge in [0.1, 0.15) is 0 Å². The monoisotopic (exact) mass is 202 g/mol. The molecule has 0 heterocycles. The van der Waals surface area contributed by atoms with E-state index in [9.17, 15) is 0 Å². The van der Waals surface area contributed by atoms with Crippen LogP contribution in [0.4, 0.5) is 0 Å². The lowest BCUT2D eigenvalue weighted by Gasteiger charge is -2.04. The van der Waals surface area contributed by atoms with Gasteiger partial charge >= 0.3 is 0 Å². The molecular weight excluding hydrogens is 180 g/mol. The van der Waals surface area contributed by atoms with Crippen LogP contribution in [0.1, 0.15) is 32.6 Å². The maximum atomic E-state index is 6.98. The SMILES string of the molecule is CCCCOCCOCCCC(=N)N. The Bertz CT molecular complexity index is 140. The van der Waals surface area contributed by atoms with Crippen molar-refractivity contribution in [3.8, 4) is 0 Å². The molecule has 0 bridgehead atoms. The van der Waals surface area contributed by atoms with Gasteiger partial charge in [-0.3, -0.25) is 5.41 Å². The highest BCUT2D eigenvalue weighted by Gasteiger charge is 1.92. The Hall–Kier alpha value is -0.610. The normalized spacial score (nSPS) is 10.4. The molecule has 4 heteroatoms. The summed E-state index contributed by atoms with van der Waals surface area (Å²) in [6, 6.07) is 0. The Morgan fingerprint density at radius 2 is 1.64 bits per heavy atom. The number of hydrogen-bond donors (Lipinski definition) is 2. The summed E-state index contributed by atoms with van der Waals surface area (Å²) in [5.41, 5.74) is 5.19. The smallest absolute Gasteiger partial charge is 0.0906 e. The van der Waals surface area contributed by atoms with Crippen LogP contribution in [-0.2, 0) is 9.47 Å². The molecule has 0 rings (SSSR count). The number of unbranched alkanes of at least 4 members (excludes halogenated alkanes) is 1. The molecule has 0 saturated carbocycles. The molecule has 0 unspecified atom stereocenters. The van der Waals surface area contributed by atoms with E-state index in [-0.39, 0.29) is 5.84 Å². The van der Waals surface area contributed by atoms with E-state index < -0.39 is 0 Å². The van der Waals surface area contributed by atoms with E-state index in [4.69, 9.17) is 20.6 Å². The van der Waals surface area contributed by atoms with Gasteiger partial charge in [0.05, 0.1) is 19.0 Å². The summed E-state index contributed by atoms with van der Waals surface area (Å²) in [4.78, 5) is 0. The summed E-state index contributed by atoms with van der Waals surface area (Å²) in [6.07, 6.45) is 3.73. The fourth-order valence-electron chi connectivity index (χ4n) is 0.933. The number of nitrogens with one attached hydrogen (secondary N) is 1. The highest BCUT2D eigenvalue weighted by atomic mass is 16.5. The van der Waals surface area contributed by atoms with Gasteiger partial charge in [-0.2, -0.15) is 0 Å². The number of amidine groups is 1. The minimum Gasteiger partial charge on any atom is -0.388 e. The van der Waals surface area contributed by atoms with Gasteiger partial charge in [-0.25, -0.2) is 0 Å². The molecule has 0 saturated heterocycles. The van der Waals surface area contributed by atoms with E-state index in [0.29, 0.717) is 26.2 Å². The summed E-state index contributed by atoms with van der Waals surface area (Å²) in [7, 11) is 0. The van der Waals surface area contributed by atoms with Gasteiger partial charge in [0.15, 0.2) is 0 Å². The zero-order valence-electron chi connectivity index (χ0n) is 9.05. The average molecular weight is 202 g/mol. The third-order valence-electron chi connectivity index (χ3n) is 1.75. The van der Waals surface area contributed by atoms with Crippen LogP contribution in [0.3, 0.4) is 0 Å². The number of nitrogens with two attached hydrogens (primary N) is 1. The van der Waals surface area contributed by atoms with Gasteiger partial charge < -0.3 is 15.2 Å². The zero-order chi connectivity index (χ0) is 10.6. The zero-order valence-corrected chi connectivity index (χ0v) is 9.05. The number of ether oxygens (including phenoxy) is 2. The molecule has 0 atom stereocenters. The Morgan fingerprint density at radius 3 is 2.14 bits per heavy atom. The maximum Gasteiger partial charge on any atom is 0.0906 e. The van der Waals surface area contributed by atoms with Gasteiger partial charge in [0, 0.05) is 19.6 Å². The van der Waals surface area contributed by atoms with Crippen LogP contribution in [-0.4, -0.2) is 32.3 Å². The van der Waals surface area contributed by atoms with Crippen LogP contribution in [0.5, 0.6) is 0 Å². The first-order valence-corrected chi connectivity index (χ1v) is 5.25. The Balaban J connectivity index is 2.88. The molecule has 0 spiro atoms. The van der Waals surface area contributed by atoms with Crippen molar-refractivity contribution < 1.29 is 9.47 Å². The van der Waals surface area contributed by atoms with E-state index in [2.05, 4.69) is 6.92 Å². The van der Waals surface area contributed by atoms with Gasteiger partial charge in [0.25, 0.3) is 0 Å². The minimum atomic E-state index is 0.229. The fraction of sp³-hybridized carbons (Fsp3) is 0.900. The first-order chi connectivity index (χ1) is 6.77. The van der Waals surface area contributed by atoms with Crippen molar-refractivity contribution >= 4 is 5.84 Å². The molecule has 14 heavy (non-hydrogen) atoms. The van der Waals surface area contributed by atoms with Crippen LogP contribution in [0.15, 0.2) is 0 Å². The summed E-state index contributed by atoms with van der Waals surface area (Å²) in [5.74, 6) is 0.229. The molecule has 0 aromatic rings. The lowest BCUT2D eigenvalue weighted by atomic mass is 10.3. The first-order valence-electron chi connectivity index (χ1n) is 5.25. The largest absolute Gasteiger partial charge is 0.388 e. The highest BCUT2D eigenvalue weighted by Crippen LogP contribution is 1.90. The third kappa shape index (κ3) is 11.4. The summed E-state index contributed by atoms with van der Waals surface area (Å²) in [6.45, 7) is 4.94. The minimum absolute atomic E-state index is 0.229. The second-order valence-electron chi connectivity index (χ2n) is 3.21. The summed E-state index contributed by atoms with van der Waals surface area (Å²) < 4.78 is 10.6. The molecule has 3 N–H and O–H groups in total. The van der Waals surface area contributed by atoms with E-state index in [1.54, 1.807) is 0 Å². The van der Waals surface area contributed by atoms with Crippen molar-refractivity contribution in [3.63, 3.8) is 0 Å². The van der Waals surface area contributed by atoms with E-state index in [0.717, 1.165) is 19.4 Å². The Labute approximate surface area is 86.3 Å². The molecular formula is C10H22N2O2. The molecule has 0 aromatic carbocycles. The van der Waals surface area contributed by atoms with Crippen molar-refractivity contribution in [3.05, 3.63) is 0 Å². The Morgan fingerprint density at radius 1 is 1.07 bits per heavy atom. The lowest BCUT2D eigenvalue weighted by Crippen LogP contribution is -2.11. The molecule has 0 aromatic heterocycles. The quantitative estimate of drug-likeness (QED) is 0.321. The highest BCUT2D eigenvalue weighted by molar-refractivity contribution is 5.76. The lowest BCUT2D eigenvalue weighted by molar-refractivity contribution is 0.0463. The van der Waals surface area contributed by atoms with Crippen LogP contribution in [0.25, 0.3) is 0 Å². The first kappa shape index (κ1) is 13.4. The van der Waals surface area contributed by atoms with Gasteiger partial charge in [0.2, 0.25) is 0 Å². The van der Waals surface area contributed by atoms with Crippen LogP contribution >= 0.6 is 0 Å². The van der Waals surface area contributed by atoms with Crippen LogP contribution in [0.2, 0.25) is 0 Å². The van der Waals surface area contributed by atoms with E-state index >= 15 is 0 Å². The van der Waals surface area contributed by atoms with Gasteiger partial charge in [-0.05, 0) is 12.8 Å². The third-order valence-corrected chi connectivity index (χ3v) is 1.75. The molecule has 0 fully saturated rings. The van der Waals surface area contributed by atoms with E-state index in [1.807, 2.05) is 0 Å². The topological polar surface area (TPSA) is 68.3 Å². The predicted octanol–water partition coefficient (Wildman–Crippen LogP) is 1.54. The molecule has 0 aliphatic rings. The molecule has 0 radical (unpaired) electrons. The fourth-order valence-corrected chi connectivity index (χ4v) is 0.933. The van der Waals surface area contributed by atoms with Gasteiger partial charge in [-0.1, -0.05) is 13.3 Å². The summed E-state index contributed by atoms with van der Waals surface area (Å²) >= 11 is 0. The standard InChI is InChI=1S/C10H22N2O2/c1-2-3-6-13-8-9-14-7-4-5-10(11)12/h2-9H2,1H3,(H3,11,12). The maximum absolute atomic E-state index is 6.98. The average Bonchev–Trinajstić information content (AvgIpc) is 2.15. The molecule has 0 amide bonds. The van der Waals surface area contributed by atoms with Gasteiger partial charge in [-0.15, -0.1) is 0 Å².